The molecule has 0 aromatic heterocycles. The minimum absolute atomic E-state index is 0. The van der Waals surface area contributed by atoms with Crippen molar-refractivity contribution in [2.75, 3.05) is 0 Å². The molecule has 0 aliphatic carbocycles. The second-order valence-corrected chi connectivity index (χ2v) is 14.8. The van der Waals surface area contributed by atoms with Gasteiger partial charge in [0.15, 0.2) is 0 Å². The van der Waals surface area contributed by atoms with E-state index in [0.29, 0.717) is 12.8 Å². The van der Waals surface area contributed by atoms with E-state index in [2.05, 4.69) is 13.8 Å². The van der Waals surface area contributed by atoms with Crippen LogP contribution in [-0.4, -0.2) is 36.9 Å². The van der Waals surface area contributed by atoms with Crippen molar-refractivity contribution < 1.29 is 58.6 Å². The molecule has 8 nitrogen and oxygen atoms in total. The van der Waals surface area contributed by atoms with Crippen LogP contribution in [0.25, 0.3) is 0 Å². The van der Waals surface area contributed by atoms with Gasteiger partial charge in [-0.1, -0.05) is 166 Å². The van der Waals surface area contributed by atoms with Crippen molar-refractivity contribution in [3.63, 3.8) is 0 Å². The monoisotopic (exact) mass is 736 g/mol. The molecule has 0 saturated heterocycles. The summed E-state index contributed by atoms with van der Waals surface area (Å²) in [5.41, 5.74) is 1.45. The topological polar surface area (TPSA) is 172 Å². The van der Waals surface area contributed by atoms with Crippen molar-refractivity contribution in [2.45, 2.75) is 165 Å². The van der Waals surface area contributed by atoms with Gasteiger partial charge in [0.2, 0.25) is 0 Å². The summed E-state index contributed by atoms with van der Waals surface area (Å²) in [4.78, 5) is 0.122. The Morgan fingerprint density at radius 2 is 0.660 bits per heavy atom. The van der Waals surface area contributed by atoms with Crippen LogP contribution in [0.15, 0.2) is 58.3 Å². The third-order valence-corrected chi connectivity index (χ3v) is 10.0. The SMILES string of the molecule is CCCCCCCCCCCCc1ccccc1S(=O)(=O)O.CCCCCCCCCCCCc1ccccc1S(=O)(=O)O.O.O.[Ti]. The van der Waals surface area contributed by atoms with E-state index in [0.717, 1.165) is 36.8 Å². The minimum Gasteiger partial charge on any atom is -0.412 e. The fraction of sp³-hybridized carbons (Fsp3) is 0.667. The molecule has 0 fully saturated rings. The van der Waals surface area contributed by atoms with Gasteiger partial charge in [-0.25, -0.2) is 0 Å². The largest absolute Gasteiger partial charge is 0.412 e. The summed E-state index contributed by atoms with van der Waals surface area (Å²) in [6.07, 6.45) is 26.6. The third kappa shape index (κ3) is 25.5. The molecule has 0 aliphatic rings. The van der Waals surface area contributed by atoms with Crippen molar-refractivity contribution in [2.24, 2.45) is 0 Å². The Kier molecular flexibility index (Phi) is 33.1. The van der Waals surface area contributed by atoms with Crippen LogP contribution in [0, 0.1) is 0 Å². The molecule has 0 saturated carbocycles. The molecule has 0 aliphatic heterocycles. The Morgan fingerprint density at radius 1 is 0.426 bits per heavy atom. The van der Waals surface area contributed by atoms with E-state index in [1.165, 1.54) is 115 Å². The summed E-state index contributed by atoms with van der Waals surface area (Å²) in [6.45, 7) is 4.47. The molecule has 0 unspecified atom stereocenters. The van der Waals surface area contributed by atoms with Gasteiger partial charge in [-0.05, 0) is 48.9 Å². The van der Waals surface area contributed by atoms with Crippen LogP contribution in [0.4, 0.5) is 0 Å². The van der Waals surface area contributed by atoms with Crippen molar-refractivity contribution in [1.82, 2.24) is 0 Å². The second-order valence-electron chi connectivity index (χ2n) is 12.0. The summed E-state index contributed by atoms with van der Waals surface area (Å²) < 4.78 is 63.6. The van der Waals surface area contributed by atoms with Gasteiger partial charge in [-0.2, -0.15) is 16.8 Å². The van der Waals surface area contributed by atoms with E-state index in [9.17, 15) is 25.9 Å². The molecule has 11 heteroatoms. The summed E-state index contributed by atoms with van der Waals surface area (Å²) >= 11 is 0. The number of hydrogen-bond acceptors (Lipinski definition) is 4. The van der Waals surface area contributed by atoms with Crippen molar-refractivity contribution in [1.29, 1.82) is 0 Å². The Labute approximate surface area is 301 Å². The molecule has 2 rings (SSSR count). The molecule has 0 amide bonds. The fourth-order valence-corrected chi connectivity index (χ4v) is 7.03. The minimum atomic E-state index is -4.10. The van der Waals surface area contributed by atoms with E-state index in [1.54, 1.807) is 24.3 Å². The molecule has 272 valence electrons. The second kappa shape index (κ2) is 30.9. The number of unbranched alkanes of at least 4 members (excludes halogenated alkanes) is 18. The normalized spacial score (nSPS) is 11.0. The quantitative estimate of drug-likeness (QED) is 0.0618. The van der Waals surface area contributed by atoms with Crippen LogP contribution in [0.5, 0.6) is 0 Å². The predicted molar refractivity (Wildman–Crippen MR) is 191 cm³/mol. The fourth-order valence-electron chi connectivity index (χ4n) is 5.53. The average molecular weight is 737 g/mol. The predicted octanol–water partition coefficient (Wildman–Crippen LogP) is 9.14. The molecule has 0 bridgehead atoms. The first kappa shape index (κ1) is 50.3. The van der Waals surface area contributed by atoms with Gasteiger partial charge in [0.25, 0.3) is 20.2 Å². The van der Waals surface area contributed by atoms with Gasteiger partial charge in [0, 0.05) is 21.7 Å². The van der Waals surface area contributed by atoms with Crippen LogP contribution in [-0.2, 0) is 54.8 Å². The number of rotatable bonds is 24. The molecule has 2 aromatic carbocycles. The van der Waals surface area contributed by atoms with Gasteiger partial charge >= 0.3 is 0 Å². The van der Waals surface area contributed by atoms with Crippen LogP contribution in [0.1, 0.15) is 153 Å². The van der Waals surface area contributed by atoms with Crippen LogP contribution < -0.4 is 0 Å². The molecule has 0 radical (unpaired) electrons. The van der Waals surface area contributed by atoms with Gasteiger partial charge in [-0.15, -0.1) is 0 Å². The summed E-state index contributed by atoms with van der Waals surface area (Å²) in [6, 6.07) is 13.5. The first-order valence-corrected chi connectivity index (χ1v) is 20.1. The molecule has 6 N–H and O–H groups in total. The van der Waals surface area contributed by atoms with Gasteiger partial charge < -0.3 is 11.0 Å². The van der Waals surface area contributed by atoms with E-state index in [4.69, 9.17) is 0 Å². The maximum atomic E-state index is 11.3. The zero-order valence-corrected chi connectivity index (χ0v) is 32.2. The van der Waals surface area contributed by atoms with E-state index >= 15 is 0 Å². The van der Waals surface area contributed by atoms with Crippen LogP contribution in [0.3, 0.4) is 0 Å². The van der Waals surface area contributed by atoms with E-state index in [1.807, 2.05) is 12.1 Å². The Hall–Kier alpha value is -1.11. The smallest absolute Gasteiger partial charge is 0.294 e. The Morgan fingerprint density at radius 3 is 0.915 bits per heavy atom. The van der Waals surface area contributed by atoms with E-state index in [-0.39, 0.29) is 42.5 Å². The van der Waals surface area contributed by atoms with Crippen LogP contribution in [0.2, 0.25) is 0 Å². The number of hydrogen-bond donors (Lipinski definition) is 2. The van der Waals surface area contributed by atoms with Gasteiger partial charge in [0.1, 0.15) is 0 Å². The molecule has 47 heavy (non-hydrogen) atoms. The van der Waals surface area contributed by atoms with Gasteiger partial charge in [-0.3, -0.25) is 9.11 Å². The van der Waals surface area contributed by atoms with Crippen molar-refractivity contribution in [3.05, 3.63) is 59.7 Å². The van der Waals surface area contributed by atoms with Crippen molar-refractivity contribution in [3.8, 4) is 0 Å². The standard InChI is InChI=1S/2C18H30O3S.2H2O.Ti/c2*1-2-3-4-5-6-7-8-9-10-11-14-17-15-12-13-16-18(17)22(19,20)21;;;/h2*12-13,15-16H,2-11,14H2,1H3,(H,19,20,21);2*1H2;. The molecule has 2 aromatic rings. The summed E-state index contributed by atoms with van der Waals surface area (Å²) in [7, 11) is -8.19. The molecule has 0 heterocycles. The molecular weight excluding hydrogens is 672 g/mol. The third-order valence-electron chi connectivity index (χ3n) is 8.10. The first-order valence-electron chi connectivity index (χ1n) is 17.2. The zero-order valence-electron chi connectivity index (χ0n) is 29.0. The van der Waals surface area contributed by atoms with Crippen molar-refractivity contribution >= 4 is 20.2 Å². The molecule has 0 spiro atoms. The summed E-state index contributed by atoms with van der Waals surface area (Å²) in [5.74, 6) is 0. The first-order chi connectivity index (χ1) is 21.1. The summed E-state index contributed by atoms with van der Waals surface area (Å²) in [5, 5.41) is 0. The number of benzene rings is 2. The van der Waals surface area contributed by atoms with Crippen LogP contribution >= 0.6 is 0 Å². The number of aryl methyl sites for hydroxylation is 2. The van der Waals surface area contributed by atoms with Gasteiger partial charge in [0.05, 0.1) is 9.79 Å². The van der Waals surface area contributed by atoms with E-state index < -0.39 is 20.2 Å². The maximum absolute atomic E-state index is 11.3. The average Bonchev–Trinajstić information content (AvgIpc) is 2.99. The Bertz CT molecular complexity index is 1130. The molecule has 0 atom stereocenters. The maximum Gasteiger partial charge on any atom is 0.294 e. The Balaban J connectivity index is -0.000000774. The zero-order chi connectivity index (χ0) is 32.5. The molecular formula is C36H64O8S2Ti.